The molecule has 2 aliphatic carbocycles. The van der Waals surface area contributed by atoms with Gasteiger partial charge in [-0.1, -0.05) is 11.6 Å². The highest BCUT2D eigenvalue weighted by Gasteiger charge is 2.48. The summed E-state index contributed by atoms with van der Waals surface area (Å²) in [4.78, 5) is 8.88. The van der Waals surface area contributed by atoms with Crippen molar-refractivity contribution in [3.63, 3.8) is 0 Å². The van der Waals surface area contributed by atoms with E-state index in [-0.39, 0.29) is 0 Å². The summed E-state index contributed by atoms with van der Waals surface area (Å²) in [6.07, 6.45) is 15.1. The SMILES string of the molecule is CSCCN=C/C(=C\N)CN1CCC2(CCCc3cc(Cl)sc32)CC1C1CC1. The van der Waals surface area contributed by atoms with Gasteiger partial charge in [0.2, 0.25) is 0 Å². The van der Waals surface area contributed by atoms with Crippen LogP contribution in [0.2, 0.25) is 4.34 Å². The van der Waals surface area contributed by atoms with Crippen molar-refractivity contribution in [1.82, 2.24) is 4.90 Å². The number of aryl methyl sites for hydroxylation is 1. The number of hydrogen-bond acceptors (Lipinski definition) is 5. The molecule has 0 bridgehead atoms. The van der Waals surface area contributed by atoms with Gasteiger partial charge < -0.3 is 5.73 Å². The minimum atomic E-state index is 0.369. The van der Waals surface area contributed by atoms with Crippen LogP contribution in [0.25, 0.3) is 0 Å². The van der Waals surface area contributed by atoms with Crippen molar-refractivity contribution in [1.29, 1.82) is 0 Å². The average molecular weight is 438 g/mol. The minimum absolute atomic E-state index is 0.369. The molecule has 154 valence electrons. The average Bonchev–Trinajstić information content (AvgIpc) is 3.47. The predicted molar refractivity (Wildman–Crippen MR) is 125 cm³/mol. The topological polar surface area (TPSA) is 41.6 Å². The van der Waals surface area contributed by atoms with Crippen LogP contribution in [0.5, 0.6) is 0 Å². The minimum Gasteiger partial charge on any atom is -0.404 e. The lowest BCUT2D eigenvalue weighted by Gasteiger charge is -2.49. The number of hydrogen-bond donors (Lipinski definition) is 1. The van der Waals surface area contributed by atoms with Gasteiger partial charge in [-0.05, 0) is 87.1 Å². The monoisotopic (exact) mass is 437 g/mol. The number of aliphatic imine (C=N–C) groups is 1. The first kappa shape index (κ1) is 20.8. The van der Waals surface area contributed by atoms with Crippen LogP contribution >= 0.6 is 34.7 Å². The van der Waals surface area contributed by atoms with E-state index < -0.39 is 0 Å². The number of halogens is 1. The van der Waals surface area contributed by atoms with Crippen molar-refractivity contribution in [2.24, 2.45) is 16.6 Å². The zero-order chi connectivity index (χ0) is 19.6. The normalized spacial score (nSPS) is 28.9. The second kappa shape index (κ2) is 9.11. The van der Waals surface area contributed by atoms with Crippen LogP contribution in [-0.4, -0.2) is 48.8 Å². The summed E-state index contributed by atoms with van der Waals surface area (Å²) in [5.41, 5.74) is 9.01. The molecule has 0 aromatic carbocycles. The molecule has 2 fully saturated rings. The largest absolute Gasteiger partial charge is 0.404 e. The molecule has 3 aliphatic rings. The van der Waals surface area contributed by atoms with Gasteiger partial charge >= 0.3 is 0 Å². The van der Waals surface area contributed by atoms with Crippen molar-refractivity contribution >= 4 is 40.9 Å². The van der Waals surface area contributed by atoms with Crippen molar-refractivity contribution in [3.8, 4) is 0 Å². The summed E-state index contributed by atoms with van der Waals surface area (Å²) >= 11 is 10.1. The van der Waals surface area contributed by atoms with Crippen LogP contribution in [0.1, 0.15) is 49.0 Å². The summed E-state index contributed by atoms with van der Waals surface area (Å²) in [5.74, 6) is 1.93. The number of thioether (sulfide) groups is 1. The molecule has 1 spiro atoms. The highest BCUT2D eigenvalue weighted by atomic mass is 35.5. The van der Waals surface area contributed by atoms with Gasteiger partial charge in [0.1, 0.15) is 0 Å². The number of likely N-dealkylation sites (tertiary alicyclic amines) is 1. The van der Waals surface area contributed by atoms with Crippen LogP contribution in [0.4, 0.5) is 0 Å². The molecule has 0 amide bonds. The Hall–Kier alpha value is -0.490. The highest BCUT2D eigenvalue weighted by Crippen LogP contribution is 2.53. The van der Waals surface area contributed by atoms with E-state index in [1.54, 1.807) is 11.1 Å². The van der Waals surface area contributed by atoms with Gasteiger partial charge in [0.15, 0.2) is 0 Å². The third-order valence-electron chi connectivity index (χ3n) is 6.76. The molecule has 2 heterocycles. The first-order valence-electron chi connectivity index (χ1n) is 10.6. The number of thiophene rings is 1. The smallest absolute Gasteiger partial charge is 0.0934 e. The first-order chi connectivity index (χ1) is 13.6. The van der Waals surface area contributed by atoms with E-state index >= 15 is 0 Å². The zero-order valence-electron chi connectivity index (χ0n) is 16.8. The molecular formula is C22H32ClN3S2. The molecule has 1 aromatic rings. The van der Waals surface area contributed by atoms with Gasteiger partial charge in [0, 0.05) is 41.4 Å². The summed E-state index contributed by atoms with van der Waals surface area (Å²) in [7, 11) is 0. The van der Waals surface area contributed by atoms with Gasteiger partial charge in [-0.15, -0.1) is 11.3 Å². The molecule has 2 atom stereocenters. The fourth-order valence-electron chi connectivity index (χ4n) is 5.19. The summed E-state index contributed by atoms with van der Waals surface area (Å²) in [5, 5.41) is 0. The van der Waals surface area contributed by atoms with E-state index in [1.165, 1.54) is 50.5 Å². The van der Waals surface area contributed by atoms with Gasteiger partial charge in [-0.2, -0.15) is 11.8 Å². The number of nitrogens with two attached hydrogens (primary N) is 1. The molecule has 1 saturated heterocycles. The van der Waals surface area contributed by atoms with Gasteiger partial charge in [0.25, 0.3) is 0 Å². The Morgan fingerprint density at radius 1 is 1.46 bits per heavy atom. The molecule has 6 heteroatoms. The molecule has 3 nitrogen and oxygen atoms in total. The molecule has 1 aliphatic heterocycles. The van der Waals surface area contributed by atoms with Crippen molar-refractivity contribution in [2.75, 3.05) is 31.6 Å². The van der Waals surface area contributed by atoms with Crippen LogP contribution in [0.3, 0.4) is 0 Å². The Morgan fingerprint density at radius 3 is 3.07 bits per heavy atom. The van der Waals surface area contributed by atoms with E-state index in [2.05, 4.69) is 22.2 Å². The Labute approximate surface area is 182 Å². The van der Waals surface area contributed by atoms with E-state index in [9.17, 15) is 0 Å². The van der Waals surface area contributed by atoms with Crippen molar-refractivity contribution in [3.05, 3.63) is 32.6 Å². The molecule has 28 heavy (non-hydrogen) atoms. The van der Waals surface area contributed by atoms with Crippen LogP contribution in [0, 0.1) is 5.92 Å². The molecule has 1 aromatic heterocycles. The Balaban J connectivity index is 1.48. The zero-order valence-corrected chi connectivity index (χ0v) is 19.2. The third kappa shape index (κ3) is 4.48. The molecule has 2 unspecified atom stereocenters. The standard InChI is InChI=1S/C22H32ClN3S2/c1-27-10-8-25-14-16(13-24)15-26-9-7-22(12-19(26)17-4-5-17)6-2-3-18-11-20(23)28-21(18)22/h11,13-14,17,19H,2-10,12,15,24H2,1H3/b16-13+,25-14?. The Morgan fingerprint density at radius 2 is 2.32 bits per heavy atom. The van der Waals surface area contributed by atoms with Crippen LogP contribution < -0.4 is 5.73 Å². The Bertz CT molecular complexity index is 740. The second-order valence-corrected chi connectivity index (χ2v) is 11.3. The quantitative estimate of drug-likeness (QED) is 0.475. The fourth-order valence-corrected chi connectivity index (χ4v) is 7.03. The van der Waals surface area contributed by atoms with Crippen molar-refractivity contribution in [2.45, 2.75) is 56.4 Å². The number of piperidine rings is 1. The number of fused-ring (bicyclic) bond motifs is 2. The maximum atomic E-state index is 6.42. The van der Waals surface area contributed by atoms with Crippen LogP contribution in [-0.2, 0) is 11.8 Å². The predicted octanol–water partition coefficient (Wildman–Crippen LogP) is 5.13. The van der Waals surface area contributed by atoms with E-state index in [0.29, 0.717) is 11.5 Å². The van der Waals surface area contributed by atoms with Gasteiger partial charge in [-0.25, -0.2) is 0 Å². The van der Waals surface area contributed by atoms with E-state index in [0.717, 1.165) is 41.2 Å². The Kier molecular flexibility index (Phi) is 6.76. The lowest BCUT2D eigenvalue weighted by Crippen LogP contribution is -2.51. The summed E-state index contributed by atoms with van der Waals surface area (Å²) < 4.78 is 0.978. The highest BCUT2D eigenvalue weighted by molar-refractivity contribution is 7.98. The number of nitrogens with zero attached hydrogens (tertiary/aromatic N) is 2. The molecular weight excluding hydrogens is 406 g/mol. The fraction of sp³-hybridized carbons (Fsp3) is 0.682. The van der Waals surface area contributed by atoms with Crippen LogP contribution in [0.15, 0.2) is 22.8 Å². The molecule has 4 rings (SSSR count). The van der Waals surface area contributed by atoms with E-state index in [4.69, 9.17) is 17.3 Å². The second-order valence-electron chi connectivity index (χ2n) is 8.64. The molecule has 2 N–H and O–H groups in total. The third-order valence-corrected chi connectivity index (χ3v) is 8.90. The van der Waals surface area contributed by atoms with Gasteiger partial charge in [0.05, 0.1) is 4.34 Å². The summed E-state index contributed by atoms with van der Waals surface area (Å²) in [6, 6.07) is 2.91. The van der Waals surface area contributed by atoms with E-state index in [1.807, 2.05) is 29.3 Å². The number of rotatable bonds is 7. The maximum Gasteiger partial charge on any atom is 0.0934 e. The summed E-state index contributed by atoms with van der Waals surface area (Å²) in [6.45, 7) is 2.97. The lowest BCUT2D eigenvalue weighted by molar-refractivity contribution is 0.0805. The molecule has 1 saturated carbocycles. The molecule has 0 radical (unpaired) electrons. The lowest BCUT2D eigenvalue weighted by atomic mass is 9.66. The maximum absolute atomic E-state index is 6.42. The first-order valence-corrected chi connectivity index (χ1v) is 13.2. The van der Waals surface area contributed by atoms with Crippen molar-refractivity contribution < 1.29 is 0 Å². The van der Waals surface area contributed by atoms with Gasteiger partial charge in [-0.3, -0.25) is 9.89 Å².